The molecule has 3 heteroatoms. The first-order valence-corrected chi connectivity index (χ1v) is 10.1. The molecule has 0 amide bonds. The topological polar surface area (TPSA) is 38.3 Å². The first kappa shape index (κ1) is 21.2. The highest BCUT2D eigenvalue weighted by atomic mass is 16.5. The smallest absolute Gasteiger partial charge is 0.195 e. The van der Waals surface area contributed by atoms with Gasteiger partial charge in [0.1, 0.15) is 12.4 Å². The minimum atomic E-state index is -0.0529. The predicted molar refractivity (Wildman–Crippen MR) is 123 cm³/mol. The summed E-state index contributed by atoms with van der Waals surface area (Å²) in [5, 5.41) is 3.40. The van der Waals surface area contributed by atoms with Crippen LogP contribution in [0.15, 0.2) is 66.7 Å². The molecule has 3 aromatic rings. The van der Waals surface area contributed by atoms with E-state index in [1.165, 1.54) is 11.1 Å². The summed E-state index contributed by atoms with van der Waals surface area (Å²) < 4.78 is 5.55. The highest BCUT2D eigenvalue weighted by molar-refractivity contribution is 6.12. The third-order valence-corrected chi connectivity index (χ3v) is 5.00. The van der Waals surface area contributed by atoms with Gasteiger partial charge >= 0.3 is 0 Å². The molecule has 3 aromatic carbocycles. The van der Waals surface area contributed by atoms with Gasteiger partial charge in [-0.05, 0) is 42.2 Å². The molecule has 0 spiro atoms. The van der Waals surface area contributed by atoms with E-state index in [0.29, 0.717) is 29.3 Å². The third kappa shape index (κ3) is 5.30. The molecule has 30 heavy (non-hydrogen) atoms. The molecule has 0 aliphatic carbocycles. The maximum Gasteiger partial charge on any atom is 0.195 e. The van der Waals surface area contributed by atoms with Crippen LogP contribution in [0.5, 0.6) is 5.75 Å². The van der Waals surface area contributed by atoms with E-state index in [0.717, 1.165) is 11.3 Å². The molecule has 0 saturated carbocycles. The number of ketones is 1. The second-order valence-corrected chi connectivity index (χ2v) is 7.65. The van der Waals surface area contributed by atoms with Gasteiger partial charge in [0.25, 0.3) is 0 Å². The Bertz CT molecular complexity index is 1040. The average molecular weight is 398 g/mol. The third-order valence-electron chi connectivity index (χ3n) is 5.00. The second-order valence-electron chi connectivity index (χ2n) is 7.65. The van der Waals surface area contributed by atoms with Gasteiger partial charge in [-0.15, -0.1) is 6.42 Å². The van der Waals surface area contributed by atoms with Gasteiger partial charge in [0, 0.05) is 23.4 Å². The summed E-state index contributed by atoms with van der Waals surface area (Å²) in [6.07, 6.45) is 5.30. The fraction of sp³-hybridized carbons (Fsp3) is 0.222. The molecule has 0 aromatic heterocycles. The zero-order chi connectivity index (χ0) is 21.5. The van der Waals surface area contributed by atoms with Crippen molar-refractivity contribution in [1.82, 2.24) is 0 Å². The average Bonchev–Trinajstić information content (AvgIpc) is 2.77. The Morgan fingerprint density at radius 1 is 1.03 bits per heavy atom. The monoisotopic (exact) mass is 397 g/mol. The van der Waals surface area contributed by atoms with Gasteiger partial charge in [0.2, 0.25) is 0 Å². The van der Waals surface area contributed by atoms with Crippen molar-refractivity contribution in [2.75, 3.05) is 11.9 Å². The Hall–Kier alpha value is -3.51. The summed E-state index contributed by atoms with van der Waals surface area (Å²) in [6.45, 7) is 7.12. The molecule has 0 radical (unpaired) electrons. The van der Waals surface area contributed by atoms with Gasteiger partial charge in [-0.1, -0.05) is 73.9 Å². The van der Waals surface area contributed by atoms with Gasteiger partial charge in [-0.25, -0.2) is 0 Å². The van der Waals surface area contributed by atoms with E-state index < -0.39 is 0 Å². The molecule has 0 unspecified atom stereocenters. The van der Waals surface area contributed by atoms with E-state index in [-0.39, 0.29) is 12.4 Å². The summed E-state index contributed by atoms with van der Waals surface area (Å²) in [5.74, 6) is 3.40. The largest absolute Gasteiger partial charge is 0.481 e. The van der Waals surface area contributed by atoms with E-state index >= 15 is 0 Å². The number of ether oxygens (including phenoxy) is 1. The van der Waals surface area contributed by atoms with Crippen LogP contribution in [-0.4, -0.2) is 12.4 Å². The summed E-state index contributed by atoms with van der Waals surface area (Å²) in [6, 6.07) is 21.6. The molecular formula is C27H27NO2. The highest BCUT2D eigenvalue weighted by Crippen LogP contribution is 2.26. The molecule has 0 heterocycles. The Labute approximate surface area is 179 Å². The Morgan fingerprint density at radius 2 is 1.73 bits per heavy atom. The number of aryl methyl sites for hydroxylation is 1. The highest BCUT2D eigenvalue weighted by Gasteiger charge is 2.16. The van der Waals surface area contributed by atoms with Crippen molar-refractivity contribution >= 4 is 11.5 Å². The van der Waals surface area contributed by atoms with E-state index in [4.69, 9.17) is 11.2 Å². The van der Waals surface area contributed by atoms with Crippen molar-refractivity contribution < 1.29 is 9.53 Å². The number of hydrogen-bond acceptors (Lipinski definition) is 3. The van der Waals surface area contributed by atoms with Gasteiger partial charge in [-0.3, -0.25) is 4.79 Å². The van der Waals surface area contributed by atoms with E-state index in [1.54, 1.807) is 6.07 Å². The zero-order valence-corrected chi connectivity index (χ0v) is 17.7. The first-order chi connectivity index (χ1) is 14.5. The van der Waals surface area contributed by atoms with Crippen LogP contribution in [0.2, 0.25) is 0 Å². The van der Waals surface area contributed by atoms with Crippen LogP contribution >= 0.6 is 0 Å². The lowest BCUT2D eigenvalue weighted by Gasteiger charge is -2.14. The Morgan fingerprint density at radius 3 is 2.37 bits per heavy atom. The molecule has 1 N–H and O–H groups in total. The van der Waals surface area contributed by atoms with Gasteiger partial charge in [-0.2, -0.15) is 0 Å². The van der Waals surface area contributed by atoms with Crippen LogP contribution in [0.25, 0.3) is 0 Å². The maximum absolute atomic E-state index is 13.3. The van der Waals surface area contributed by atoms with Gasteiger partial charge in [0.15, 0.2) is 5.78 Å². The lowest BCUT2D eigenvalue weighted by atomic mass is 9.97. The lowest BCUT2D eigenvalue weighted by molar-refractivity contribution is 0.103. The number of hydrogen-bond donors (Lipinski definition) is 1. The molecule has 3 nitrogen and oxygen atoms in total. The van der Waals surface area contributed by atoms with Crippen LogP contribution in [0.3, 0.4) is 0 Å². The van der Waals surface area contributed by atoms with E-state index in [2.05, 4.69) is 56.3 Å². The molecule has 0 saturated heterocycles. The Balaban J connectivity index is 1.89. The first-order valence-electron chi connectivity index (χ1n) is 10.1. The van der Waals surface area contributed by atoms with Crippen molar-refractivity contribution in [3.8, 4) is 18.1 Å². The van der Waals surface area contributed by atoms with Crippen LogP contribution < -0.4 is 10.1 Å². The molecule has 0 aliphatic heterocycles. The van der Waals surface area contributed by atoms with Crippen molar-refractivity contribution in [2.24, 2.45) is 0 Å². The fourth-order valence-corrected chi connectivity index (χ4v) is 3.16. The second kappa shape index (κ2) is 9.80. The molecule has 0 atom stereocenters. The van der Waals surface area contributed by atoms with E-state index in [9.17, 15) is 4.79 Å². The van der Waals surface area contributed by atoms with Crippen molar-refractivity contribution in [1.29, 1.82) is 0 Å². The minimum absolute atomic E-state index is 0.0529. The van der Waals surface area contributed by atoms with Crippen molar-refractivity contribution in [3.63, 3.8) is 0 Å². The predicted octanol–water partition coefficient (Wildman–Crippen LogP) is 5.97. The minimum Gasteiger partial charge on any atom is -0.481 e. The quantitative estimate of drug-likeness (QED) is 0.376. The number of benzene rings is 3. The number of anilines is 1. The molecular weight excluding hydrogens is 370 g/mol. The normalized spacial score (nSPS) is 10.5. The van der Waals surface area contributed by atoms with Crippen LogP contribution in [-0.2, 0) is 6.54 Å². The van der Waals surface area contributed by atoms with Crippen molar-refractivity contribution in [3.05, 3.63) is 94.5 Å². The summed E-state index contributed by atoms with van der Waals surface area (Å²) in [4.78, 5) is 13.3. The van der Waals surface area contributed by atoms with Gasteiger partial charge < -0.3 is 10.1 Å². The molecule has 0 bridgehead atoms. The van der Waals surface area contributed by atoms with Crippen molar-refractivity contribution in [2.45, 2.75) is 33.2 Å². The molecule has 152 valence electrons. The number of carbonyl (C=O) groups is 1. The summed E-state index contributed by atoms with van der Waals surface area (Å²) in [5.41, 5.74) is 5.54. The van der Waals surface area contributed by atoms with Crippen LogP contribution in [0.1, 0.15) is 52.4 Å². The number of carbonyl (C=O) groups excluding carboxylic acids is 1. The van der Waals surface area contributed by atoms with E-state index in [1.807, 2.05) is 36.4 Å². The Kier molecular flexibility index (Phi) is 6.93. The maximum atomic E-state index is 13.3. The van der Waals surface area contributed by atoms with Gasteiger partial charge in [0.05, 0.1) is 0 Å². The van der Waals surface area contributed by atoms with Crippen LogP contribution in [0.4, 0.5) is 5.69 Å². The fourth-order valence-electron chi connectivity index (χ4n) is 3.16. The number of rotatable bonds is 8. The van der Waals surface area contributed by atoms with Crippen LogP contribution in [0, 0.1) is 19.3 Å². The molecule has 0 fully saturated rings. The summed E-state index contributed by atoms with van der Waals surface area (Å²) in [7, 11) is 0. The summed E-state index contributed by atoms with van der Waals surface area (Å²) >= 11 is 0. The lowest BCUT2D eigenvalue weighted by Crippen LogP contribution is -2.09. The number of terminal acetylenes is 1. The molecule has 3 rings (SSSR count). The SMILES string of the molecule is C#CCOc1ccc(NCc2ccc(C)cc2)c(C(=O)c2ccc(C(C)C)cc2)c1. The molecule has 0 aliphatic rings. The number of nitrogens with one attached hydrogen (secondary N) is 1. The zero-order valence-electron chi connectivity index (χ0n) is 17.7. The standard InChI is InChI=1S/C27H27NO2/c1-5-16-30-24-14-15-26(28-18-21-8-6-20(4)7-9-21)25(17-24)27(29)23-12-10-22(11-13-23)19(2)3/h1,6-15,17,19,28H,16,18H2,2-4H3.